The molecule has 0 aliphatic carbocycles. The van der Waals surface area contributed by atoms with Gasteiger partial charge >= 0.3 is 6.18 Å². The molecule has 3 rings (SSSR count). The third-order valence-corrected chi connectivity index (χ3v) is 11.5. The Hall–Kier alpha value is -2.40. The van der Waals surface area contributed by atoms with E-state index >= 15 is 0 Å². The summed E-state index contributed by atoms with van der Waals surface area (Å²) in [5.41, 5.74) is -1.04. The monoisotopic (exact) mass is 531 g/mol. The minimum atomic E-state index is -4.67. The second-order valence-corrected chi connectivity index (χ2v) is 14.0. The minimum absolute atomic E-state index is 0.0454. The fourth-order valence-corrected chi connectivity index (χ4v) is 7.54. The number of likely N-dealkylation sites (tertiary alicyclic amines) is 1. The zero-order valence-electron chi connectivity index (χ0n) is 19.6. The first kappa shape index (κ1) is 27.2. The van der Waals surface area contributed by atoms with Gasteiger partial charge in [-0.15, -0.1) is 0 Å². The van der Waals surface area contributed by atoms with Gasteiger partial charge in [0.1, 0.15) is 5.25 Å². The Morgan fingerprint density at radius 1 is 0.914 bits per heavy atom. The topological polar surface area (TPSA) is 88.6 Å². The number of carbonyl (C=O) groups excluding carboxylic acids is 1. The Morgan fingerprint density at radius 2 is 1.46 bits per heavy atom. The number of sulfone groups is 2. The quantitative estimate of drug-likeness (QED) is 0.553. The van der Waals surface area contributed by atoms with Crippen molar-refractivity contribution in [2.45, 2.75) is 59.6 Å². The fraction of sp³-hybridized carbons (Fsp3) is 0.458. The highest BCUT2D eigenvalue weighted by Crippen LogP contribution is 2.39. The predicted octanol–water partition coefficient (Wildman–Crippen LogP) is 4.36. The summed E-state index contributed by atoms with van der Waals surface area (Å²) in [6.45, 7) is 4.60. The van der Waals surface area contributed by atoms with Gasteiger partial charge in [-0.05, 0) is 69.9 Å². The third-order valence-electron chi connectivity index (χ3n) is 6.84. The van der Waals surface area contributed by atoms with Gasteiger partial charge < -0.3 is 4.90 Å². The van der Waals surface area contributed by atoms with Crippen molar-refractivity contribution >= 4 is 25.6 Å². The molecule has 1 aliphatic rings. The summed E-state index contributed by atoms with van der Waals surface area (Å²) in [5, 5.41) is -1.30. The van der Waals surface area contributed by atoms with Crippen molar-refractivity contribution in [3.05, 3.63) is 60.2 Å². The van der Waals surface area contributed by atoms with E-state index in [-0.39, 0.29) is 30.8 Å². The van der Waals surface area contributed by atoms with Crippen LogP contribution >= 0.6 is 0 Å². The van der Waals surface area contributed by atoms with Crippen LogP contribution in [0, 0.1) is 5.92 Å². The number of nitrogens with zero attached hydrogens (tertiary/aromatic N) is 1. The van der Waals surface area contributed by atoms with E-state index < -0.39 is 58.1 Å². The Morgan fingerprint density at radius 3 is 2.00 bits per heavy atom. The smallest absolute Gasteiger partial charge is 0.342 e. The van der Waals surface area contributed by atoms with Gasteiger partial charge in [0.25, 0.3) is 0 Å². The van der Waals surface area contributed by atoms with Gasteiger partial charge in [0.15, 0.2) is 19.7 Å². The molecule has 2 aromatic carbocycles. The average molecular weight is 532 g/mol. The van der Waals surface area contributed by atoms with Crippen LogP contribution in [-0.2, 0) is 30.6 Å². The minimum Gasteiger partial charge on any atom is -0.342 e. The molecule has 6 nitrogen and oxygen atoms in total. The predicted molar refractivity (Wildman–Crippen MR) is 125 cm³/mol. The number of amides is 1. The molecule has 0 aromatic heterocycles. The van der Waals surface area contributed by atoms with Gasteiger partial charge in [0.05, 0.1) is 20.1 Å². The van der Waals surface area contributed by atoms with E-state index in [1.165, 1.54) is 37.8 Å². The Bertz CT molecular complexity index is 1280. The van der Waals surface area contributed by atoms with Crippen molar-refractivity contribution in [1.82, 2.24) is 4.90 Å². The molecule has 192 valence electrons. The summed E-state index contributed by atoms with van der Waals surface area (Å²) < 4.78 is 90.2. The summed E-state index contributed by atoms with van der Waals surface area (Å²) in [5.74, 6) is -1.00. The lowest BCUT2D eigenvalue weighted by Gasteiger charge is -2.40. The number of hydrogen-bond donors (Lipinski definition) is 0. The van der Waals surface area contributed by atoms with Crippen LogP contribution in [0.4, 0.5) is 13.2 Å². The van der Waals surface area contributed by atoms with Crippen LogP contribution in [0.3, 0.4) is 0 Å². The molecule has 1 aliphatic heterocycles. The molecule has 0 radical (unpaired) electrons. The van der Waals surface area contributed by atoms with E-state index in [1.54, 1.807) is 18.2 Å². The van der Waals surface area contributed by atoms with Gasteiger partial charge in [0.2, 0.25) is 5.91 Å². The largest absolute Gasteiger partial charge is 0.416 e. The molecule has 0 N–H and O–H groups in total. The standard InChI is InChI=1S/C24H28F3NO5S2/c1-17(34(30,31)20-9-5-4-6-10-20)22(29)28-14-12-18(13-15-28)23(2,3)35(32,33)21-11-7-8-19(16-21)24(25,26)27/h4-11,16-18H,12-15H2,1-3H3. The van der Waals surface area contributed by atoms with E-state index in [2.05, 4.69) is 0 Å². The van der Waals surface area contributed by atoms with E-state index in [9.17, 15) is 34.8 Å². The maximum Gasteiger partial charge on any atom is 0.416 e. The van der Waals surface area contributed by atoms with E-state index in [4.69, 9.17) is 0 Å². The first-order valence-electron chi connectivity index (χ1n) is 11.1. The van der Waals surface area contributed by atoms with E-state index in [0.717, 1.165) is 18.2 Å². The molecule has 0 saturated carbocycles. The summed E-state index contributed by atoms with van der Waals surface area (Å²) in [7, 11) is -8.02. The summed E-state index contributed by atoms with van der Waals surface area (Å²) in [4.78, 5) is 14.0. The SMILES string of the molecule is CC(C(=O)N1CCC(C(C)(C)S(=O)(=O)c2cccc(C(F)(F)F)c2)CC1)S(=O)(=O)c1ccccc1. The van der Waals surface area contributed by atoms with Crippen molar-refractivity contribution in [2.24, 2.45) is 5.92 Å². The van der Waals surface area contributed by atoms with Crippen molar-refractivity contribution in [3.63, 3.8) is 0 Å². The molecule has 1 amide bonds. The summed E-state index contributed by atoms with van der Waals surface area (Å²) in [6, 6.07) is 11.4. The summed E-state index contributed by atoms with van der Waals surface area (Å²) in [6.07, 6.45) is -4.12. The molecule has 1 fully saturated rings. The van der Waals surface area contributed by atoms with Gasteiger partial charge in [-0.2, -0.15) is 13.2 Å². The maximum atomic E-state index is 13.3. The van der Waals surface area contributed by atoms with Gasteiger partial charge in [0, 0.05) is 13.1 Å². The van der Waals surface area contributed by atoms with E-state index in [0.29, 0.717) is 6.07 Å². The molecular weight excluding hydrogens is 503 g/mol. The summed E-state index contributed by atoms with van der Waals surface area (Å²) >= 11 is 0. The molecule has 0 bridgehead atoms. The van der Waals surface area contributed by atoms with Gasteiger partial charge in [-0.25, -0.2) is 16.8 Å². The molecule has 1 unspecified atom stereocenters. The number of carbonyl (C=O) groups is 1. The van der Waals surface area contributed by atoms with Crippen LogP contribution in [0.2, 0.25) is 0 Å². The molecule has 11 heteroatoms. The molecule has 2 aromatic rings. The second kappa shape index (κ2) is 9.57. The van der Waals surface area contributed by atoms with Gasteiger partial charge in [-0.3, -0.25) is 4.79 Å². The highest BCUT2D eigenvalue weighted by molar-refractivity contribution is 7.93. The van der Waals surface area contributed by atoms with Crippen molar-refractivity contribution in [3.8, 4) is 0 Å². The fourth-order valence-electron chi connectivity index (χ4n) is 4.36. The zero-order chi connectivity index (χ0) is 26.2. The molecule has 35 heavy (non-hydrogen) atoms. The highest BCUT2D eigenvalue weighted by atomic mass is 32.2. The maximum absolute atomic E-state index is 13.3. The highest BCUT2D eigenvalue weighted by Gasteiger charge is 2.45. The lowest BCUT2D eigenvalue weighted by atomic mass is 9.86. The van der Waals surface area contributed by atoms with Crippen LogP contribution in [0.5, 0.6) is 0 Å². The molecule has 0 spiro atoms. The first-order chi connectivity index (χ1) is 16.1. The van der Waals surface area contributed by atoms with Crippen LogP contribution in [-0.4, -0.2) is 50.7 Å². The number of piperidine rings is 1. The Labute approximate surface area is 204 Å². The lowest BCUT2D eigenvalue weighted by Crippen LogP contribution is -2.50. The molecule has 1 atom stereocenters. The van der Waals surface area contributed by atoms with Crippen LogP contribution in [0.25, 0.3) is 0 Å². The number of halogens is 3. The van der Waals surface area contributed by atoms with E-state index in [1.807, 2.05) is 0 Å². The second-order valence-electron chi connectivity index (χ2n) is 9.23. The number of rotatable bonds is 6. The number of hydrogen-bond acceptors (Lipinski definition) is 5. The van der Waals surface area contributed by atoms with Crippen molar-refractivity contribution in [2.75, 3.05) is 13.1 Å². The van der Waals surface area contributed by atoms with Crippen LogP contribution in [0.15, 0.2) is 64.4 Å². The van der Waals surface area contributed by atoms with Crippen LogP contribution in [0.1, 0.15) is 39.2 Å². The molecular formula is C24H28F3NO5S2. The third kappa shape index (κ3) is 5.25. The Balaban J connectivity index is 1.74. The number of benzene rings is 2. The average Bonchev–Trinajstić information content (AvgIpc) is 2.83. The van der Waals surface area contributed by atoms with Crippen LogP contribution < -0.4 is 0 Å². The lowest BCUT2D eigenvalue weighted by molar-refractivity contribution is -0.137. The van der Waals surface area contributed by atoms with Crippen molar-refractivity contribution in [1.29, 1.82) is 0 Å². The normalized spacial score (nSPS) is 17.3. The zero-order valence-corrected chi connectivity index (χ0v) is 21.3. The van der Waals surface area contributed by atoms with Gasteiger partial charge in [-0.1, -0.05) is 24.3 Å². The Kier molecular flexibility index (Phi) is 7.44. The molecule has 1 heterocycles. The first-order valence-corrected chi connectivity index (χ1v) is 14.1. The molecule has 1 saturated heterocycles. The van der Waals surface area contributed by atoms with Crippen molar-refractivity contribution < 1.29 is 34.8 Å². The number of alkyl halides is 3.